The maximum absolute atomic E-state index is 9.10. The van der Waals surface area contributed by atoms with Gasteiger partial charge in [0.25, 0.3) is 0 Å². The van der Waals surface area contributed by atoms with Crippen LogP contribution in [0.3, 0.4) is 0 Å². The molecule has 2 nitrogen and oxygen atoms in total. The Morgan fingerprint density at radius 3 is 2.30 bits per heavy atom. The van der Waals surface area contributed by atoms with E-state index in [9.17, 15) is 0 Å². The van der Waals surface area contributed by atoms with E-state index in [1.165, 1.54) is 13.0 Å². The summed E-state index contributed by atoms with van der Waals surface area (Å²) in [5, 5.41) is 18.1. The minimum Gasteiger partial charge on any atom is -0.508 e. The Hall–Kier alpha value is -1.02. The van der Waals surface area contributed by atoms with Crippen molar-refractivity contribution in [1.29, 1.82) is 0 Å². The van der Waals surface area contributed by atoms with E-state index in [0.29, 0.717) is 5.56 Å². The summed E-state index contributed by atoms with van der Waals surface area (Å²) in [6.45, 7) is 1.54. The molecule has 0 fully saturated rings. The number of aromatic hydroxyl groups is 1. The number of aliphatic hydroxyl groups excluding tert-OH is 1. The molecule has 0 saturated heterocycles. The van der Waals surface area contributed by atoms with Gasteiger partial charge in [-0.1, -0.05) is 18.2 Å². The average molecular weight is 137 g/mol. The largest absolute Gasteiger partial charge is 0.508 e. The van der Waals surface area contributed by atoms with Gasteiger partial charge in [-0.2, -0.15) is 0 Å². The first kappa shape index (κ1) is 7.09. The summed E-state index contributed by atoms with van der Waals surface area (Å²) in [5.74, 6) is 0.113. The Bertz CT molecular complexity index is 218. The summed E-state index contributed by atoms with van der Waals surface area (Å²) in [6.07, 6.45) is 0.137. The third kappa shape index (κ3) is 1.28. The van der Waals surface area contributed by atoms with Crippen LogP contribution in [0.4, 0.5) is 0 Å². The van der Waals surface area contributed by atoms with Crippen molar-refractivity contribution in [2.75, 3.05) is 0 Å². The molecule has 53 valence electrons. The van der Waals surface area contributed by atoms with Gasteiger partial charge in [0.2, 0.25) is 0 Å². The molecule has 1 radical (unpaired) electrons. The smallest absolute Gasteiger partial charge is 0.123 e. The molecule has 0 aliphatic carbocycles. The first-order chi connectivity index (χ1) is 4.72. The number of phenols is 1. The zero-order valence-corrected chi connectivity index (χ0v) is 5.70. The quantitative estimate of drug-likeness (QED) is 0.618. The highest BCUT2D eigenvalue weighted by atomic mass is 16.3. The van der Waals surface area contributed by atoms with Crippen molar-refractivity contribution in [3.8, 4) is 5.75 Å². The van der Waals surface area contributed by atoms with Gasteiger partial charge in [-0.3, -0.25) is 0 Å². The second-order valence-corrected chi connectivity index (χ2v) is 2.10. The van der Waals surface area contributed by atoms with E-state index in [1.54, 1.807) is 18.2 Å². The number of rotatable bonds is 1. The van der Waals surface area contributed by atoms with E-state index in [4.69, 9.17) is 10.2 Å². The summed E-state index contributed by atoms with van der Waals surface area (Å²) in [5.41, 5.74) is 0.488. The SMILES string of the molecule is C[C](O)c1ccccc1O. The zero-order valence-electron chi connectivity index (χ0n) is 5.70. The van der Waals surface area contributed by atoms with E-state index in [1.807, 2.05) is 0 Å². The van der Waals surface area contributed by atoms with Crippen LogP contribution in [-0.4, -0.2) is 10.2 Å². The highest BCUT2D eigenvalue weighted by Gasteiger charge is 2.04. The van der Waals surface area contributed by atoms with Gasteiger partial charge in [0.05, 0.1) is 0 Å². The average Bonchev–Trinajstić information content (AvgIpc) is 1.88. The molecule has 2 N–H and O–H groups in total. The lowest BCUT2D eigenvalue weighted by Gasteiger charge is -2.03. The molecule has 0 atom stereocenters. The van der Waals surface area contributed by atoms with Crippen molar-refractivity contribution in [1.82, 2.24) is 0 Å². The van der Waals surface area contributed by atoms with E-state index < -0.39 is 0 Å². The van der Waals surface area contributed by atoms with Gasteiger partial charge in [-0.05, 0) is 13.0 Å². The van der Waals surface area contributed by atoms with E-state index >= 15 is 0 Å². The summed E-state index contributed by atoms with van der Waals surface area (Å²) in [6, 6.07) is 6.66. The Balaban J connectivity index is 3.03. The van der Waals surface area contributed by atoms with Gasteiger partial charge in [0, 0.05) is 5.56 Å². The second kappa shape index (κ2) is 2.71. The molecule has 1 aromatic carbocycles. The molecule has 0 bridgehead atoms. The standard InChI is InChI=1S/C8H9O2/c1-6(9)7-4-2-3-5-8(7)10/h2-5,9-10H,1H3. The van der Waals surface area contributed by atoms with Crippen molar-refractivity contribution in [2.24, 2.45) is 0 Å². The lowest BCUT2D eigenvalue weighted by Crippen LogP contribution is -1.90. The lowest BCUT2D eigenvalue weighted by molar-refractivity contribution is 0.333. The fourth-order valence-electron chi connectivity index (χ4n) is 0.780. The first-order valence-electron chi connectivity index (χ1n) is 3.02. The Kier molecular flexibility index (Phi) is 1.92. The summed E-state index contributed by atoms with van der Waals surface area (Å²) in [4.78, 5) is 0. The maximum atomic E-state index is 9.10. The van der Waals surface area contributed by atoms with E-state index in [2.05, 4.69) is 0 Å². The summed E-state index contributed by atoms with van der Waals surface area (Å²) < 4.78 is 0. The van der Waals surface area contributed by atoms with Gasteiger partial charge in [-0.15, -0.1) is 0 Å². The molecule has 1 aromatic rings. The molecule has 2 heteroatoms. The van der Waals surface area contributed by atoms with Crippen LogP contribution >= 0.6 is 0 Å². The molecule has 0 aliphatic heterocycles. The number of hydrogen-bond donors (Lipinski definition) is 2. The number of benzene rings is 1. The zero-order chi connectivity index (χ0) is 7.56. The van der Waals surface area contributed by atoms with Gasteiger partial charge in [0.1, 0.15) is 11.9 Å². The Morgan fingerprint density at radius 1 is 1.30 bits per heavy atom. The summed E-state index contributed by atoms with van der Waals surface area (Å²) in [7, 11) is 0. The van der Waals surface area contributed by atoms with Crippen molar-refractivity contribution < 1.29 is 10.2 Å². The third-order valence-electron chi connectivity index (χ3n) is 1.29. The fraction of sp³-hybridized carbons (Fsp3) is 0.125. The normalized spacial score (nSPS) is 10.3. The van der Waals surface area contributed by atoms with Crippen LogP contribution < -0.4 is 0 Å². The Labute approximate surface area is 59.7 Å². The van der Waals surface area contributed by atoms with Gasteiger partial charge >= 0.3 is 0 Å². The minimum atomic E-state index is 0.113. The molecule has 0 spiro atoms. The number of hydrogen-bond acceptors (Lipinski definition) is 2. The predicted molar refractivity (Wildman–Crippen MR) is 38.1 cm³/mol. The van der Waals surface area contributed by atoms with Crippen molar-refractivity contribution in [3.63, 3.8) is 0 Å². The molecule has 0 aromatic heterocycles. The van der Waals surface area contributed by atoms with Gasteiger partial charge in [-0.25, -0.2) is 0 Å². The minimum absolute atomic E-state index is 0.113. The van der Waals surface area contributed by atoms with Crippen molar-refractivity contribution in [3.05, 3.63) is 35.9 Å². The topological polar surface area (TPSA) is 40.5 Å². The monoisotopic (exact) mass is 137 g/mol. The third-order valence-corrected chi connectivity index (χ3v) is 1.29. The molecule has 10 heavy (non-hydrogen) atoms. The van der Waals surface area contributed by atoms with Crippen LogP contribution in [0.2, 0.25) is 0 Å². The van der Waals surface area contributed by atoms with Crippen LogP contribution in [0.25, 0.3) is 0 Å². The maximum Gasteiger partial charge on any atom is 0.123 e. The predicted octanol–water partition coefficient (Wildman–Crippen LogP) is 1.66. The van der Waals surface area contributed by atoms with E-state index in [-0.39, 0.29) is 11.9 Å². The van der Waals surface area contributed by atoms with Crippen LogP contribution in [-0.2, 0) is 0 Å². The van der Waals surface area contributed by atoms with Gasteiger partial charge < -0.3 is 10.2 Å². The molecule has 0 saturated carbocycles. The van der Waals surface area contributed by atoms with Crippen LogP contribution in [0.1, 0.15) is 12.5 Å². The molecule has 0 heterocycles. The highest BCUT2D eigenvalue weighted by Crippen LogP contribution is 2.21. The molecule has 1 rings (SSSR count). The number of para-hydroxylation sites is 1. The van der Waals surface area contributed by atoms with E-state index in [0.717, 1.165) is 0 Å². The molecule has 0 aliphatic rings. The number of aliphatic hydroxyl groups is 1. The molecular weight excluding hydrogens is 128 g/mol. The van der Waals surface area contributed by atoms with Crippen molar-refractivity contribution in [2.45, 2.75) is 6.92 Å². The molecule has 0 amide bonds. The fourth-order valence-corrected chi connectivity index (χ4v) is 0.780. The Morgan fingerprint density at radius 2 is 1.90 bits per heavy atom. The van der Waals surface area contributed by atoms with Gasteiger partial charge in [0.15, 0.2) is 0 Å². The lowest BCUT2D eigenvalue weighted by atomic mass is 10.1. The van der Waals surface area contributed by atoms with Crippen LogP contribution in [0.15, 0.2) is 24.3 Å². The van der Waals surface area contributed by atoms with Crippen molar-refractivity contribution >= 4 is 0 Å². The first-order valence-corrected chi connectivity index (χ1v) is 3.02. The number of phenolic OH excluding ortho intramolecular Hbond substituents is 1. The highest BCUT2D eigenvalue weighted by molar-refractivity contribution is 5.38. The van der Waals surface area contributed by atoms with Crippen LogP contribution in [0, 0.1) is 6.10 Å². The molecule has 0 unspecified atom stereocenters. The molecular formula is C8H9O2. The summed E-state index contributed by atoms with van der Waals surface area (Å²) >= 11 is 0. The van der Waals surface area contributed by atoms with Crippen LogP contribution in [0.5, 0.6) is 5.75 Å². The second-order valence-electron chi connectivity index (χ2n) is 2.10.